The van der Waals surface area contributed by atoms with E-state index in [1.165, 1.54) is 11.3 Å². The van der Waals surface area contributed by atoms with Gasteiger partial charge >= 0.3 is 6.43 Å². The van der Waals surface area contributed by atoms with Crippen molar-refractivity contribution in [1.29, 1.82) is 0 Å². The van der Waals surface area contributed by atoms with Crippen LogP contribution >= 0.6 is 22.7 Å². The molecule has 25 heavy (non-hydrogen) atoms. The molecule has 4 aromatic rings. The zero-order chi connectivity index (χ0) is 17.2. The van der Waals surface area contributed by atoms with E-state index in [0.717, 1.165) is 21.1 Å². The van der Waals surface area contributed by atoms with Crippen LogP contribution in [0.15, 0.2) is 52.3 Å². The summed E-state index contributed by atoms with van der Waals surface area (Å²) in [7, 11) is 0. The molecule has 0 aliphatic rings. The van der Waals surface area contributed by atoms with Crippen LogP contribution in [0.2, 0.25) is 0 Å². The first kappa shape index (κ1) is 16.0. The molecule has 0 saturated heterocycles. The van der Waals surface area contributed by atoms with Gasteiger partial charge in [-0.05, 0) is 12.1 Å². The lowest BCUT2D eigenvalue weighted by atomic mass is 10.2. The zero-order valence-electron chi connectivity index (χ0n) is 12.7. The van der Waals surface area contributed by atoms with Crippen LogP contribution in [-0.2, 0) is 6.42 Å². The summed E-state index contributed by atoms with van der Waals surface area (Å²) >= 11 is 3.03. The van der Waals surface area contributed by atoms with Gasteiger partial charge in [-0.15, -0.1) is 32.9 Å². The van der Waals surface area contributed by atoms with Crippen LogP contribution in [0.4, 0.5) is 8.78 Å². The summed E-state index contributed by atoms with van der Waals surface area (Å²) in [5.41, 5.74) is 2.04. The standard InChI is InChI=1S/C17H11F2N3OS2/c18-15(19)17-22-21-16(23-17)13-7-6-11(25-13)8-14-20-12(9-24-14)10-4-2-1-3-5-10/h1-7,9,15H,8H2. The van der Waals surface area contributed by atoms with E-state index in [-0.39, 0.29) is 5.89 Å². The van der Waals surface area contributed by atoms with E-state index >= 15 is 0 Å². The molecule has 0 saturated carbocycles. The molecule has 0 N–H and O–H groups in total. The van der Waals surface area contributed by atoms with Crippen LogP contribution in [-0.4, -0.2) is 15.2 Å². The third kappa shape index (κ3) is 3.49. The summed E-state index contributed by atoms with van der Waals surface area (Å²) in [4.78, 5) is 6.39. The highest BCUT2D eigenvalue weighted by molar-refractivity contribution is 7.15. The van der Waals surface area contributed by atoms with Gasteiger partial charge in [-0.25, -0.2) is 4.98 Å². The van der Waals surface area contributed by atoms with E-state index in [4.69, 9.17) is 4.42 Å². The summed E-state index contributed by atoms with van der Waals surface area (Å²) in [6.07, 6.45) is -2.08. The maximum atomic E-state index is 12.5. The van der Waals surface area contributed by atoms with Crippen molar-refractivity contribution in [3.63, 3.8) is 0 Å². The van der Waals surface area contributed by atoms with Crippen LogP contribution in [0.1, 0.15) is 22.2 Å². The van der Waals surface area contributed by atoms with Gasteiger partial charge in [0, 0.05) is 22.2 Å². The van der Waals surface area contributed by atoms with E-state index in [2.05, 4.69) is 15.2 Å². The van der Waals surface area contributed by atoms with Gasteiger partial charge in [-0.3, -0.25) is 0 Å². The molecular formula is C17H11F2N3OS2. The van der Waals surface area contributed by atoms with E-state index < -0.39 is 12.3 Å². The fourth-order valence-corrected chi connectivity index (χ4v) is 4.14. The van der Waals surface area contributed by atoms with Gasteiger partial charge in [0.05, 0.1) is 15.6 Å². The fourth-order valence-electron chi connectivity index (χ4n) is 2.29. The molecule has 0 fully saturated rings. The normalized spacial score (nSPS) is 11.3. The third-order valence-electron chi connectivity index (χ3n) is 3.45. The Hall–Kier alpha value is -2.45. The van der Waals surface area contributed by atoms with Gasteiger partial charge in [-0.2, -0.15) is 8.78 Å². The molecule has 0 bridgehead atoms. The first-order chi connectivity index (χ1) is 12.2. The second kappa shape index (κ2) is 6.81. The molecular weight excluding hydrogens is 364 g/mol. The van der Waals surface area contributed by atoms with Gasteiger partial charge in [0.15, 0.2) is 0 Å². The average molecular weight is 375 g/mol. The smallest absolute Gasteiger partial charge is 0.314 e. The molecule has 8 heteroatoms. The maximum Gasteiger partial charge on any atom is 0.314 e. The van der Waals surface area contributed by atoms with Crippen molar-refractivity contribution in [1.82, 2.24) is 15.2 Å². The molecule has 126 valence electrons. The van der Waals surface area contributed by atoms with Gasteiger partial charge < -0.3 is 4.42 Å². The van der Waals surface area contributed by atoms with Crippen molar-refractivity contribution >= 4 is 22.7 Å². The molecule has 0 aliphatic carbocycles. The van der Waals surface area contributed by atoms with Gasteiger partial charge in [0.25, 0.3) is 11.8 Å². The Morgan fingerprint density at radius 1 is 1.04 bits per heavy atom. The Balaban J connectivity index is 1.50. The highest BCUT2D eigenvalue weighted by Crippen LogP contribution is 2.31. The number of halogens is 2. The fraction of sp³-hybridized carbons (Fsp3) is 0.118. The third-order valence-corrected chi connectivity index (χ3v) is 5.37. The monoisotopic (exact) mass is 375 g/mol. The number of nitrogens with zero attached hydrogens (tertiary/aromatic N) is 3. The number of hydrogen-bond donors (Lipinski definition) is 0. The minimum Gasteiger partial charge on any atom is -0.414 e. The van der Waals surface area contributed by atoms with E-state index in [1.54, 1.807) is 17.4 Å². The van der Waals surface area contributed by atoms with Crippen LogP contribution in [0.3, 0.4) is 0 Å². The second-order valence-corrected chi connectivity index (χ2v) is 7.29. The molecule has 4 nitrogen and oxygen atoms in total. The molecule has 0 unspecified atom stereocenters. The highest BCUT2D eigenvalue weighted by Gasteiger charge is 2.18. The zero-order valence-corrected chi connectivity index (χ0v) is 14.4. The van der Waals surface area contributed by atoms with Crippen LogP contribution in [0.25, 0.3) is 22.0 Å². The first-order valence-electron chi connectivity index (χ1n) is 7.39. The predicted octanol–water partition coefficient (Wildman–Crippen LogP) is 5.45. The summed E-state index contributed by atoms with van der Waals surface area (Å²) in [5.74, 6) is -0.534. The minimum absolute atomic E-state index is 0.121. The largest absolute Gasteiger partial charge is 0.414 e. The van der Waals surface area contributed by atoms with Crippen molar-refractivity contribution in [2.45, 2.75) is 12.8 Å². The topological polar surface area (TPSA) is 51.8 Å². The number of thiazole rings is 1. The lowest BCUT2D eigenvalue weighted by molar-refractivity contribution is 0.116. The van der Waals surface area contributed by atoms with E-state index in [0.29, 0.717) is 11.3 Å². The van der Waals surface area contributed by atoms with Crippen molar-refractivity contribution < 1.29 is 13.2 Å². The number of benzene rings is 1. The average Bonchev–Trinajstić information content (AvgIpc) is 3.36. The maximum absolute atomic E-state index is 12.5. The molecule has 0 atom stereocenters. The molecule has 0 radical (unpaired) electrons. The molecule has 1 aromatic carbocycles. The number of alkyl halides is 2. The summed E-state index contributed by atoms with van der Waals surface area (Å²) in [6.45, 7) is 0. The number of hydrogen-bond acceptors (Lipinski definition) is 6. The first-order valence-corrected chi connectivity index (χ1v) is 9.09. The number of aromatic nitrogens is 3. The Kier molecular flexibility index (Phi) is 4.37. The summed E-state index contributed by atoms with van der Waals surface area (Å²) < 4.78 is 30.0. The number of rotatable bonds is 5. The lowest BCUT2D eigenvalue weighted by Gasteiger charge is -1.95. The Bertz CT molecular complexity index is 979. The molecule has 3 heterocycles. The molecule has 0 amide bonds. The molecule has 0 spiro atoms. The number of thiophene rings is 1. The van der Waals surface area contributed by atoms with Gasteiger partial charge in [0.2, 0.25) is 0 Å². The van der Waals surface area contributed by atoms with Crippen molar-refractivity contribution in [2.24, 2.45) is 0 Å². The van der Waals surface area contributed by atoms with E-state index in [9.17, 15) is 8.78 Å². The highest BCUT2D eigenvalue weighted by atomic mass is 32.1. The Labute approximate surface area is 149 Å². The second-order valence-electron chi connectivity index (χ2n) is 5.18. The van der Waals surface area contributed by atoms with Gasteiger partial charge in [0.1, 0.15) is 0 Å². The minimum atomic E-state index is -2.76. The van der Waals surface area contributed by atoms with Crippen molar-refractivity contribution in [3.8, 4) is 22.0 Å². The molecule has 4 rings (SSSR count). The quantitative estimate of drug-likeness (QED) is 0.465. The van der Waals surface area contributed by atoms with Crippen LogP contribution in [0, 0.1) is 0 Å². The Morgan fingerprint density at radius 3 is 2.64 bits per heavy atom. The SMILES string of the molecule is FC(F)c1nnc(-c2ccc(Cc3nc(-c4ccccc4)cs3)s2)o1. The van der Waals surface area contributed by atoms with E-state index in [1.807, 2.05) is 41.8 Å². The van der Waals surface area contributed by atoms with Crippen molar-refractivity contribution in [3.05, 3.63) is 63.6 Å². The predicted molar refractivity (Wildman–Crippen MR) is 92.9 cm³/mol. The van der Waals surface area contributed by atoms with Crippen molar-refractivity contribution in [2.75, 3.05) is 0 Å². The molecule has 3 aromatic heterocycles. The van der Waals surface area contributed by atoms with Gasteiger partial charge in [-0.1, -0.05) is 30.3 Å². The summed E-state index contributed by atoms with van der Waals surface area (Å²) in [5, 5.41) is 10.1. The molecule has 0 aliphatic heterocycles. The van der Waals surface area contributed by atoms with Crippen LogP contribution in [0.5, 0.6) is 0 Å². The Morgan fingerprint density at radius 2 is 1.88 bits per heavy atom. The van der Waals surface area contributed by atoms with Crippen LogP contribution < -0.4 is 0 Å². The lowest BCUT2D eigenvalue weighted by Crippen LogP contribution is -1.83. The summed E-state index contributed by atoms with van der Waals surface area (Å²) in [6, 6.07) is 13.7.